The second-order valence-electron chi connectivity index (χ2n) is 5.58. The molecule has 0 aliphatic carbocycles. The van der Waals surface area contributed by atoms with E-state index in [4.69, 9.17) is 5.73 Å². The summed E-state index contributed by atoms with van der Waals surface area (Å²) in [5, 5.41) is 4.38. The summed E-state index contributed by atoms with van der Waals surface area (Å²) >= 11 is 1.76. The standard InChI is InChI=1S/C14H25N3S/c1-11(15)14(12-6-8-18-10-12)17(3)13-5-4-7-16(2)9-13/h6,8,10-11,13-14H,4-5,7,9,15H2,1-3H3. The van der Waals surface area contributed by atoms with E-state index in [-0.39, 0.29) is 6.04 Å². The average Bonchev–Trinajstić information content (AvgIpc) is 2.82. The minimum Gasteiger partial charge on any atom is -0.326 e. The number of likely N-dealkylation sites (tertiary alicyclic amines) is 1. The van der Waals surface area contributed by atoms with Crippen molar-refractivity contribution in [3.05, 3.63) is 22.4 Å². The Bertz CT molecular complexity index is 350. The maximum atomic E-state index is 6.22. The highest BCUT2D eigenvalue weighted by atomic mass is 32.1. The molecule has 2 rings (SSSR count). The molecule has 0 radical (unpaired) electrons. The molecule has 3 unspecified atom stereocenters. The summed E-state index contributed by atoms with van der Waals surface area (Å²) < 4.78 is 0. The zero-order valence-electron chi connectivity index (χ0n) is 11.7. The molecule has 2 N–H and O–H groups in total. The van der Waals surface area contributed by atoms with Crippen molar-refractivity contribution in [2.45, 2.75) is 37.9 Å². The van der Waals surface area contributed by atoms with Crippen molar-refractivity contribution in [1.29, 1.82) is 0 Å². The lowest BCUT2D eigenvalue weighted by molar-refractivity contribution is 0.0894. The Balaban J connectivity index is 2.10. The van der Waals surface area contributed by atoms with Crippen LogP contribution in [0.3, 0.4) is 0 Å². The van der Waals surface area contributed by atoms with E-state index in [1.54, 1.807) is 11.3 Å². The summed E-state index contributed by atoms with van der Waals surface area (Å²) in [5.74, 6) is 0. The van der Waals surface area contributed by atoms with E-state index >= 15 is 0 Å². The Hall–Kier alpha value is -0.420. The van der Waals surface area contributed by atoms with Gasteiger partial charge in [0.05, 0.1) is 6.04 Å². The predicted octanol–water partition coefficient (Wildman–Crippen LogP) is 2.16. The fourth-order valence-corrected chi connectivity index (χ4v) is 3.74. The van der Waals surface area contributed by atoms with E-state index < -0.39 is 0 Å². The first kappa shape index (κ1) is 14.0. The second-order valence-corrected chi connectivity index (χ2v) is 6.36. The lowest BCUT2D eigenvalue weighted by Crippen LogP contribution is -2.49. The normalized spacial score (nSPS) is 25.3. The number of hydrogen-bond acceptors (Lipinski definition) is 4. The molecule has 1 aromatic heterocycles. The summed E-state index contributed by atoms with van der Waals surface area (Å²) in [7, 11) is 4.45. The van der Waals surface area contributed by atoms with Crippen molar-refractivity contribution in [2.75, 3.05) is 27.2 Å². The van der Waals surface area contributed by atoms with Gasteiger partial charge in [-0.1, -0.05) is 0 Å². The highest BCUT2D eigenvalue weighted by Crippen LogP contribution is 2.28. The Morgan fingerprint density at radius 3 is 2.89 bits per heavy atom. The third kappa shape index (κ3) is 3.12. The maximum absolute atomic E-state index is 6.22. The van der Waals surface area contributed by atoms with E-state index in [0.29, 0.717) is 12.1 Å². The molecule has 0 spiro atoms. The molecular weight excluding hydrogens is 242 g/mol. The van der Waals surface area contributed by atoms with Crippen LogP contribution in [0.5, 0.6) is 0 Å². The molecule has 0 aromatic carbocycles. The summed E-state index contributed by atoms with van der Waals surface area (Å²) in [6.45, 7) is 4.50. The fourth-order valence-electron chi connectivity index (χ4n) is 3.05. The third-order valence-corrected chi connectivity index (χ3v) is 4.70. The third-order valence-electron chi connectivity index (χ3n) is 4.00. The van der Waals surface area contributed by atoms with Crippen molar-refractivity contribution in [3.63, 3.8) is 0 Å². The van der Waals surface area contributed by atoms with Crippen LogP contribution in [-0.2, 0) is 0 Å². The number of nitrogens with zero attached hydrogens (tertiary/aromatic N) is 2. The maximum Gasteiger partial charge on any atom is 0.0505 e. The number of nitrogens with two attached hydrogens (primary N) is 1. The van der Waals surface area contributed by atoms with Gasteiger partial charge in [-0.05, 0) is 62.8 Å². The van der Waals surface area contributed by atoms with Gasteiger partial charge in [0.25, 0.3) is 0 Å². The first-order chi connectivity index (χ1) is 8.59. The van der Waals surface area contributed by atoms with Crippen molar-refractivity contribution >= 4 is 11.3 Å². The van der Waals surface area contributed by atoms with Crippen LogP contribution < -0.4 is 5.73 Å². The minimum atomic E-state index is 0.164. The first-order valence-corrected chi connectivity index (χ1v) is 7.72. The molecule has 1 fully saturated rings. The quantitative estimate of drug-likeness (QED) is 0.907. The van der Waals surface area contributed by atoms with E-state index in [0.717, 1.165) is 6.54 Å². The van der Waals surface area contributed by atoms with Crippen LogP contribution in [0.25, 0.3) is 0 Å². The van der Waals surface area contributed by atoms with Gasteiger partial charge in [-0.2, -0.15) is 11.3 Å². The molecule has 3 nitrogen and oxygen atoms in total. The predicted molar refractivity (Wildman–Crippen MR) is 79.0 cm³/mol. The summed E-state index contributed by atoms with van der Waals surface area (Å²) in [6.07, 6.45) is 2.58. The lowest BCUT2D eigenvalue weighted by Gasteiger charge is -2.41. The van der Waals surface area contributed by atoms with E-state index in [9.17, 15) is 0 Å². The van der Waals surface area contributed by atoms with Gasteiger partial charge < -0.3 is 10.6 Å². The van der Waals surface area contributed by atoms with Crippen LogP contribution in [0.4, 0.5) is 0 Å². The van der Waals surface area contributed by atoms with Gasteiger partial charge in [0, 0.05) is 18.6 Å². The Kier molecular flexibility index (Phi) is 4.78. The van der Waals surface area contributed by atoms with Crippen molar-refractivity contribution in [1.82, 2.24) is 9.80 Å². The molecule has 0 saturated carbocycles. The molecule has 0 bridgehead atoms. The SMILES string of the molecule is CC(N)C(c1ccsc1)N(C)C1CCCN(C)C1. The molecule has 1 aliphatic heterocycles. The topological polar surface area (TPSA) is 32.5 Å². The van der Waals surface area contributed by atoms with Crippen LogP contribution in [0.15, 0.2) is 16.8 Å². The number of hydrogen-bond donors (Lipinski definition) is 1. The summed E-state index contributed by atoms with van der Waals surface area (Å²) in [5.41, 5.74) is 7.59. The number of thiophene rings is 1. The van der Waals surface area contributed by atoms with Gasteiger partial charge in [-0.25, -0.2) is 0 Å². The Labute approximate surface area is 115 Å². The van der Waals surface area contributed by atoms with Gasteiger partial charge in [0.15, 0.2) is 0 Å². The van der Waals surface area contributed by atoms with Gasteiger partial charge in [-0.3, -0.25) is 4.90 Å². The number of likely N-dealkylation sites (N-methyl/N-ethyl adjacent to an activating group) is 2. The molecule has 4 heteroatoms. The zero-order valence-corrected chi connectivity index (χ0v) is 12.5. The Morgan fingerprint density at radius 1 is 1.56 bits per heavy atom. The number of piperidine rings is 1. The fraction of sp³-hybridized carbons (Fsp3) is 0.714. The molecule has 18 heavy (non-hydrogen) atoms. The second kappa shape index (κ2) is 6.15. The number of rotatable bonds is 4. The van der Waals surface area contributed by atoms with Gasteiger partial charge >= 0.3 is 0 Å². The first-order valence-electron chi connectivity index (χ1n) is 6.77. The van der Waals surface area contributed by atoms with Crippen LogP contribution in [0.1, 0.15) is 31.4 Å². The van der Waals surface area contributed by atoms with Gasteiger partial charge in [0.2, 0.25) is 0 Å². The van der Waals surface area contributed by atoms with E-state index in [2.05, 4.69) is 47.6 Å². The molecule has 3 atom stereocenters. The minimum absolute atomic E-state index is 0.164. The molecule has 1 saturated heterocycles. The Morgan fingerprint density at radius 2 is 2.33 bits per heavy atom. The van der Waals surface area contributed by atoms with Crippen LogP contribution >= 0.6 is 11.3 Å². The molecule has 1 aromatic rings. The summed E-state index contributed by atoms with van der Waals surface area (Å²) in [6, 6.07) is 3.34. The van der Waals surface area contributed by atoms with Gasteiger partial charge in [-0.15, -0.1) is 0 Å². The monoisotopic (exact) mass is 267 g/mol. The largest absolute Gasteiger partial charge is 0.326 e. The van der Waals surface area contributed by atoms with E-state index in [1.165, 1.54) is 24.9 Å². The van der Waals surface area contributed by atoms with Crippen LogP contribution in [0.2, 0.25) is 0 Å². The van der Waals surface area contributed by atoms with Crippen molar-refractivity contribution in [2.24, 2.45) is 5.73 Å². The highest BCUT2D eigenvalue weighted by molar-refractivity contribution is 7.07. The molecular formula is C14H25N3S. The van der Waals surface area contributed by atoms with Crippen molar-refractivity contribution < 1.29 is 0 Å². The van der Waals surface area contributed by atoms with Crippen LogP contribution in [-0.4, -0.2) is 49.1 Å². The average molecular weight is 267 g/mol. The molecule has 2 heterocycles. The zero-order chi connectivity index (χ0) is 13.1. The van der Waals surface area contributed by atoms with Gasteiger partial charge in [0.1, 0.15) is 0 Å². The molecule has 102 valence electrons. The molecule has 0 amide bonds. The smallest absolute Gasteiger partial charge is 0.0505 e. The van der Waals surface area contributed by atoms with Crippen LogP contribution in [0, 0.1) is 0 Å². The summed E-state index contributed by atoms with van der Waals surface area (Å²) in [4.78, 5) is 4.92. The van der Waals surface area contributed by atoms with Crippen molar-refractivity contribution in [3.8, 4) is 0 Å². The highest BCUT2D eigenvalue weighted by Gasteiger charge is 2.29. The van der Waals surface area contributed by atoms with E-state index in [1.807, 2.05) is 0 Å². The molecule has 1 aliphatic rings. The lowest BCUT2D eigenvalue weighted by atomic mass is 9.97.